The van der Waals surface area contributed by atoms with Crippen molar-refractivity contribution in [2.45, 2.75) is 26.0 Å². The molecule has 0 aromatic heterocycles. The molecule has 3 heteroatoms. The van der Waals surface area contributed by atoms with E-state index in [1.165, 1.54) is 0 Å². The first-order valence-electron chi connectivity index (χ1n) is 3.33. The predicted molar refractivity (Wildman–Crippen MR) is 42.9 cm³/mol. The number of rotatable bonds is 3. The van der Waals surface area contributed by atoms with E-state index in [9.17, 15) is 4.21 Å². The second kappa shape index (κ2) is 4.45. The predicted octanol–water partition coefficient (Wildman–Crippen LogP) is 1.30. The Morgan fingerprint density at radius 1 is 1.50 bits per heavy atom. The van der Waals surface area contributed by atoms with Crippen molar-refractivity contribution < 1.29 is 4.21 Å². The van der Waals surface area contributed by atoms with Gasteiger partial charge in [-0.15, -0.1) is 0 Å². The molecule has 0 aromatic carbocycles. The molecule has 58 valence electrons. The van der Waals surface area contributed by atoms with Crippen molar-refractivity contribution in [3.63, 3.8) is 0 Å². The lowest BCUT2D eigenvalue weighted by molar-refractivity contribution is 0.607. The van der Waals surface area contributed by atoms with Crippen LogP contribution in [0.25, 0.3) is 0 Å². The SMILES string of the molecule is CC(C)C(C)S(=O)CC#N. The van der Waals surface area contributed by atoms with Crippen molar-refractivity contribution in [3.05, 3.63) is 0 Å². The van der Waals surface area contributed by atoms with Gasteiger partial charge in [0, 0.05) is 16.0 Å². The number of hydrogen-bond acceptors (Lipinski definition) is 2. The highest BCUT2D eigenvalue weighted by Gasteiger charge is 2.13. The summed E-state index contributed by atoms with van der Waals surface area (Å²) in [7, 11) is -0.956. The Morgan fingerprint density at radius 2 is 2.00 bits per heavy atom. The summed E-state index contributed by atoms with van der Waals surface area (Å²) in [6.45, 7) is 5.94. The highest BCUT2D eigenvalue weighted by molar-refractivity contribution is 7.85. The fraction of sp³-hybridized carbons (Fsp3) is 0.857. The third kappa shape index (κ3) is 2.98. The number of hydrogen-bond donors (Lipinski definition) is 0. The Kier molecular flexibility index (Phi) is 4.29. The van der Waals surface area contributed by atoms with Gasteiger partial charge in [0.2, 0.25) is 0 Å². The first kappa shape index (κ1) is 9.64. The average Bonchev–Trinajstić information content (AvgIpc) is 1.87. The third-order valence-electron chi connectivity index (χ3n) is 1.56. The van der Waals surface area contributed by atoms with Crippen LogP contribution in [-0.2, 0) is 10.8 Å². The van der Waals surface area contributed by atoms with Crippen LogP contribution in [0.3, 0.4) is 0 Å². The van der Waals surface area contributed by atoms with E-state index in [0.717, 1.165) is 0 Å². The average molecular weight is 159 g/mol. The van der Waals surface area contributed by atoms with E-state index < -0.39 is 10.8 Å². The summed E-state index contributed by atoms with van der Waals surface area (Å²) in [5, 5.41) is 8.36. The van der Waals surface area contributed by atoms with Gasteiger partial charge in [-0.05, 0) is 5.92 Å². The van der Waals surface area contributed by atoms with Gasteiger partial charge in [-0.3, -0.25) is 4.21 Å². The van der Waals surface area contributed by atoms with Crippen LogP contribution in [0.1, 0.15) is 20.8 Å². The van der Waals surface area contributed by atoms with Gasteiger partial charge in [-0.25, -0.2) is 0 Å². The standard InChI is InChI=1S/C7H13NOS/c1-6(2)7(3)10(9)5-4-8/h6-7H,5H2,1-3H3. The molecule has 0 heterocycles. The second-order valence-corrected chi connectivity index (χ2v) is 4.43. The zero-order valence-electron chi connectivity index (χ0n) is 6.63. The molecule has 2 atom stereocenters. The lowest BCUT2D eigenvalue weighted by Crippen LogP contribution is -2.19. The van der Waals surface area contributed by atoms with Gasteiger partial charge in [0.05, 0.1) is 6.07 Å². The molecule has 0 amide bonds. The molecule has 0 saturated heterocycles. The van der Waals surface area contributed by atoms with Crippen molar-refractivity contribution in [2.24, 2.45) is 5.92 Å². The molecule has 2 nitrogen and oxygen atoms in total. The second-order valence-electron chi connectivity index (χ2n) is 2.63. The van der Waals surface area contributed by atoms with Crippen molar-refractivity contribution in [2.75, 3.05) is 5.75 Å². The summed E-state index contributed by atoms with van der Waals surface area (Å²) in [6, 6.07) is 1.90. The van der Waals surface area contributed by atoms with Crippen LogP contribution >= 0.6 is 0 Å². The van der Waals surface area contributed by atoms with Crippen LogP contribution in [0.15, 0.2) is 0 Å². The maximum absolute atomic E-state index is 11.1. The molecular weight excluding hydrogens is 146 g/mol. The summed E-state index contributed by atoms with van der Waals surface area (Å²) in [4.78, 5) is 0. The number of nitriles is 1. The third-order valence-corrected chi connectivity index (χ3v) is 3.35. The highest BCUT2D eigenvalue weighted by atomic mass is 32.2. The normalized spacial score (nSPS) is 16.3. The lowest BCUT2D eigenvalue weighted by Gasteiger charge is -2.11. The summed E-state index contributed by atoms with van der Waals surface area (Å²) in [5.74, 6) is 0.563. The lowest BCUT2D eigenvalue weighted by atomic mass is 10.2. The van der Waals surface area contributed by atoms with Crippen LogP contribution in [0.4, 0.5) is 0 Å². The zero-order valence-corrected chi connectivity index (χ0v) is 7.44. The van der Waals surface area contributed by atoms with E-state index in [4.69, 9.17) is 5.26 Å². The van der Waals surface area contributed by atoms with E-state index in [-0.39, 0.29) is 11.0 Å². The van der Waals surface area contributed by atoms with E-state index in [2.05, 4.69) is 0 Å². The molecule has 0 aromatic rings. The Balaban J connectivity index is 3.85. The topological polar surface area (TPSA) is 40.9 Å². The minimum absolute atomic E-state index is 0.139. The van der Waals surface area contributed by atoms with Gasteiger partial charge >= 0.3 is 0 Å². The highest BCUT2D eigenvalue weighted by Crippen LogP contribution is 2.07. The molecule has 0 spiro atoms. The molecule has 0 bridgehead atoms. The van der Waals surface area contributed by atoms with Crippen molar-refractivity contribution in [1.29, 1.82) is 5.26 Å². The summed E-state index contributed by atoms with van der Waals surface area (Å²) < 4.78 is 11.1. The minimum Gasteiger partial charge on any atom is -0.258 e. The van der Waals surface area contributed by atoms with Crippen LogP contribution in [-0.4, -0.2) is 15.2 Å². The maximum Gasteiger partial charge on any atom is 0.111 e. The minimum atomic E-state index is -0.956. The fourth-order valence-electron chi connectivity index (χ4n) is 0.499. The van der Waals surface area contributed by atoms with E-state index >= 15 is 0 Å². The quantitative estimate of drug-likeness (QED) is 0.623. The van der Waals surface area contributed by atoms with Crippen LogP contribution in [0, 0.1) is 17.2 Å². The molecule has 0 aliphatic rings. The van der Waals surface area contributed by atoms with Gasteiger partial charge in [-0.1, -0.05) is 20.8 Å². The van der Waals surface area contributed by atoms with Gasteiger partial charge in [-0.2, -0.15) is 5.26 Å². The summed E-state index contributed by atoms with van der Waals surface area (Å²) >= 11 is 0. The maximum atomic E-state index is 11.1. The Bertz CT molecular complexity index is 159. The molecule has 0 rings (SSSR count). The smallest absolute Gasteiger partial charge is 0.111 e. The molecule has 0 aliphatic heterocycles. The van der Waals surface area contributed by atoms with Crippen LogP contribution in [0.5, 0.6) is 0 Å². The van der Waals surface area contributed by atoms with Crippen LogP contribution in [0.2, 0.25) is 0 Å². The molecule has 0 radical (unpaired) electrons. The molecular formula is C7H13NOS. The fourth-order valence-corrected chi connectivity index (χ4v) is 1.50. The van der Waals surface area contributed by atoms with Gasteiger partial charge in [0.25, 0.3) is 0 Å². The van der Waals surface area contributed by atoms with Crippen molar-refractivity contribution >= 4 is 10.8 Å². The van der Waals surface area contributed by atoms with Gasteiger partial charge in [0.1, 0.15) is 5.75 Å². The summed E-state index contributed by atoms with van der Waals surface area (Å²) in [5.41, 5.74) is 0. The first-order valence-corrected chi connectivity index (χ1v) is 4.72. The molecule has 0 N–H and O–H groups in total. The Hall–Kier alpha value is -0.360. The first-order chi connectivity index (χ1) is 4.59. The van der Waals surface area contributed by atoms with E-state index in [1.807, 2.05) is 26.8 Å². The largest absolute Gasteiger partial charge is 0.258 e. The summed E-state index contributed by atoms with van der Waals surface area (Å²) in [6.07, 6.45) is 0. The molecule has 2 unspecified atom stereocenters. The van der Waals surface area contributed by atoms with Crippen molar-refractivity contribution in [3.8, 4) is 6.07 Å². The van der Waals surface area contributed by atoms with E-state index in [0.29, 0.717) is 5.92 Å². The molecule has 0 saturated carbocycles. The Morgan fingerprint density at radius 3 is 2.30 bits per heavy atom. The molecule has 10 heavy (non-hydrogen) atoms. The zero-order chi connectivity index (χ0) is 8.15. The van der Waals surface area contributed by atoms with Gasteiger partial charge < -0.3 is 0 Å². The van der Waals surface area contributed by atoms with E-state index in [1.54, 1.807) is 0 Å². The monoisotopic (exact) mass is 159 g/mol. The number of nitrogens with zero attached hydrogens (tertiary/aromatic N) is 1. The molecule has 0 aliphatic carbocycles. The van der Waals surface area contributed by atoms with Crippen LogP contribution < -0.4 is 0 Å². The van der Waals surface area contributed by atoms with Crippen molar-refractivity contribution in [1.82, 2.24) is 0 Å². The van der Waals surface area contributed by atoms with Gasteiger partial charge in [0.15, 0.2) is 0 Å². The Labute approximate surface area is 64.7 Å². The molecule has 0 fully saturated rings.